The average Bonchev–Trinajstić information content (AvgIpc) is 2.99. The Bertz CT molecular complexity index is 524. The van der Waals surface area contributed by atoms with Gasteiger partial charge in [-0.3, -0.25) is 9.48 Å². The van der Waals surface area contributed by atoms with E-state index < -0.39 is 23.3 Å². The van der Waals surface area contributed by atoms with E-state index in [0.717, 1.165) is 18.9 Å². The number of rotatable bonds is 6. The summed E-state index contributed by atoms with van der Waals surface area (Å²) in [5.74, 6) is -0.510. The minimum Gasteiger partial charge on any atom is -0.368 e. The lowest BCUT2D eigenvalue weighted by atomic mass is 9.92. The van der Waals surface area contributed by atoms with Crippen LogP contribution in [0.3, 0.4) is 0 Å². The van der Waals surface area contributed by atoms with E-state index in [1.807, 2.05) is 0 Å². The molecule has 0 spiro atoms. The highest BCUT2D eigenvalue weighted by Crippen LogP contribution is 2.30. The molecule has 1 amide bonds. The Kier molecular flexibility index (Phi) is 4.01. The second-order valence-electron chi connectivity index (χ2n) is 5.85. The van der Waals surface area contributed by atoms with Crippen LogP contribution in [0.25, 0.3) is 0 Å². The van der Waals surface area contributed by atoms with Crippen molar-refractivity contribution >= 4 is 5.91 Å². The number of nitrogens with two attached hydrogens (primary N) is 1. The van der Waals surface area contributed by atoms with Gasteiger partial charge in [-0.15, -0.1) is 0 Å². The van der Waals surface area contributed by atoms with Crippen LogP contribution in [0.5, 0.6) is 0 Å². The van der Waals surface area contributed by atoms with Crippen LogP contribution in [0.4, 0.5) is 13.2 Å². The highest BCUT2D eigenvalue weighted by atomic mass is 19.4. The van der Waals surface area contributed by atoms with Crippen molar-refractivity contribution in [3.63, 3.8) is 0 Å². The van der Waals surface area contributed by atoms with Crippen molar-refractivity contribution in [1.82, 2.24) is 15.1 Å². The van der Waals surface area contributed by atoms with E-state index in [4.69, 9.17) is 5.73 Å². The molecule has 2 atom stereocenters. The summed E-state index contributed by atoms with van der Waals surface area (Å²) in [5.41, 5.74) is 3.54. The quantitative estimate of drug-likeness (QED) is 0.842. The van der Waals surface area contributed by atoms with Crippen LogP contribution in [0.1, 0.15) is 44.8 Å². The fraction of sp³-hybridized carbons (Fsp3) is 0.692. The molecule has 0 bridgehead atoms. The van der Waals surface area contributed by atoms with E-state index in [2.05, 4.69) is 10.4 Å². The second-order valence-corrected chi connectivity index (χ2v) is 5.85. The highest BCUT2D eigenvalue weighted by Gasteiger charge is 2.39. The normalized spacial score (nSPS) is 20.0. The van der Waals surface area contributed by atoms with Gasteiger partial charge in [0.15, 0.2) is 5.69 Å². The van der Waals surface area contributed by atoms with Crippen LogP contribution >= 0.6 is 0 Å². The zero-order valence-corrected chi connectivity index (χ0v) is 11.9. The van der Waals surface area contributed by atoms with E-state index in [0.29, 0.717) is 0 Å². The van der Waals surface area contributed by atoms with Crippen LogP contribution in [0, 0.1) is 0 Å². The summed E-state index contributed by atoms with van der Waals surface area (Å²) in [6.07, 6.45) is -0.956. The Morgan fingerprint density at radius 3 is 2.62 bits per heavy atom. The molecule has 1 aromatic heterocycles. The summed E-state index contributed by atoms with van der Waals surface area (Å²) < 4.78 is 38.9. The third kappa shape index (κ3) is 3.75. The molecule has 1 saturated carbocycles. The SMILES string of the molecule is CC(CC(C)(NC1CC1)C(N)=O)n1ccc(C(F)(F)F)n1. The number of carbonyl (C=O) groups is 1. The highest BCUT2D eigenvalue weighted by molar-refractivity contribution is 5.84. The van der Waals surface area contributed by atoms with Crippen molar-refractivity contribution in [2.45, 2.75) is 56.9 Å². The van der Waals surface area contributed by atoms with Crippen LogP contribution in [0.2, 0.25) is 0 Å². The lowest BCUT2D eigenvalue weighted by Gasteiger charge is -2.30. The molecule has 1 fully saturated rings. The van der Waals surface area contributed by atoms with Crippen LogP contribution in [0.15, 0.2) is 12.3 Å². The van der Waals surface area contributed by atoms with Crippen molar-refractivity contribution in [2.24, 2.45) is 5.73 Å². The Morgan fingerprint density at radius 1 is 1.57 bits per heavy atom. The number of nitrogens with one attached hydrogen (secondary N) is 1. The molecule has 118 valence electrons. The van der Waals surface area contributed by atoms with Crippen LogP contribution in [-0.2, 0) is 11.0 Å². The molecule has 1 heterocycles. The maximum absolute atomic E-state index is 12.5. The summed E-state index contributed by atoms with van der Waals surface area (Å²) in [6, 6.07) is 0.801. The van der Waals surface area contributed by atoms with Gasteiger partial charge >= 0.3 is 6.18 Å². The van der Waals surface area contributed by atoms with E-state index >= 15 is 0 Å². The Morgan fingerprint density at radius 2 is 2.19 bits per heavy atom. The van der Waals surface area contributed by atoms with Gasteiger partial charge in [-0.2, -0.15) is 18.3 Å². The van der Waals surface area contributed by atoms with Crippen molar-refractivity contribution in [3.8, 4) is 0 Å². The first kappa shape index (κ1) is 15.8. The Hall–Kier alpha value is -1.57. The smallest absolute Gasteiger partial charge is 0.368 e. The van der Waals surface area contributed by atoms with E-state index in [1.54, 1.807) is 13.8 Å². The number of alkyl halides is 3. The molecule has 1 aromatic rings. The molecule has 1 aliphatic rings. The zero-order chi connectivity index (χ0) is 15.8. The standard InChI is InChI=1S/C13H19F3N4O/c1-8(20-6-5-10(19-20)13(14,15)16)7-12(2,11(17)21)18-9-3-4-9/h5-6,8-9,18H,3-4,7H2,1-2H3,(H2,17,21). The van der Waals surface area contributed by atoms with Gasteiger partial charge in [0.25, 0.3) is 0 Å². The topological polar surface area (TPSA) is 72.9 Å². The molecule has 5 nitrogen and oxygen atoms in total. The van der Waals surface area contributed by atoms with E-state index in [1.165, 1.54) is 10.9 Å². The molecule has 0 aromatic carbocycles. The van der Waals surface area contributed by atoms with Gasteiger partial charge < -0.3 is 11.1 Å². The van der Waals surface area contributed by atoms with Gasteiger partial charge in [-0.25, -0.2) is 0 Å². The molecular formula is C13H19F3N4O. The van der Waals surface area contributed by atoms with Crippen molar-refractivity contribution in [3.05, 3.63) is 18.0 Å². The molecule has 0 aliphatic heterocycles. The van der Waals surface area contributed by atoms with E-state index in [-0.39, 0.29) is 18.5 Å². The Labute approximate surface area is 120 Å². The fourth-order valence-electron chi connectivity index (χ4n) is 2.33. The molecule has 2 rings (SSSR count). The van der Waals surface area contributed by atoms with Gasteiger partial charge in [-0.1, -0.05) is 0 Å². The predicted molar refractivity (Wildman–Crippen MR) is 70.3 cm³/mol. The summed E-state index contributed by atoms with van der Waals surface area (Å²) in [7, 11) is 0. The van der Waals surface area contributed by atoms with Gasteiger partial charge in [0.1, 0.15) is 0 Å². The minimum absolute atomic E-state index is 0.262. The van der Waals surface area contributed by atoms with Crippen LogP contribution < -0.4 is 11.1 Å². The number of aromatic nitrogens is 2. The molecule has 2 unspecified atom stereocenters. The number of primary amides is 1. The summed E-state index contributed by atoms with van der Waals surface area (Å²) in [6.45, 7) is 3.39. The van der Waals surface area contributed by atoms with Crippen LogP contribution in [-0.4, -0.2) is 27.3 Å². The number of nitrogens with zero attached hydrogens (tertiary/aromatic N) is 2. The summed E-state index contributed by atoms with van der Waals surface area (Å²) in [5, 5.41) is 6.70. The first-order chi connectivity index (χ1) is 9.62. The van der Waals surface area contributed by atoms with Crippen molar-refractivity contribution < 1.29 is 18.0 Å². The number of halogens is 3. The lowest BCUT2D eigenvalue weighted by molar-refractivity contribution is -0.141. The maximum atomic E-state index is 12.5. The van der Waals surface area contributed by atoms with Gasteiger partial charge in [-0.05, 0) is 39.2 Å². The molecule has 0 saturated heterocycles. The molecule has 0 radical (unpaired) electrons. The molecule has 8 heteroatoms. The first-order valence-electron chi connectivity index (χ1n) is 6.82. The predicted octanol–water partition coefficient (Wildman–Crippen LogP) is 1.85. The first-order valence-corrected chi connectivity index (χ1v) is 6.82. The molecular weight excluding hydrogens is 285 g/mol. The maximum Gasteiger partial charge on any atom is 0.435 e. The largest absolute Gasteiger partial charge is 0.435 e. The Balaban J connectivity index is 2.09. The fourth-order valence-corrected chi connectivity index (χ4v) is 2.33. The molecule has 21 heavy (non-hydrogen) atoms. The van der Waals surface area contributed by atoms with Crippen molar-refractivity contribution in [2.75, 3.05) is 0 Å². The average molecular weight is 304 g/mol. The monoisotopic (exact) mass is 304 g/mol. The molecule has 1 aliphatic carbocycles. The third-order valence-corrected chi connectivity index (χ3v) is 3.70. The number of hydrogen-bond donors (Lipinski definition) is 2. The minimum atomic E-state index is -4.47. The summed E-state index contributed by atoms with van der Waals surface area (Å²) >= 11 is 0. The second kappa shape index (κ2) is 5.32. The number of amides is 1. The van der Waals surface area contributed by atoms with Gasteiger partial charge in [0.05, 0.1) is 11.6 Å². The number of carbonyl (C=O) groups excluding carboxylic acids is 1. The van der Waals surface area contributed by atoms with E-state index in [9.17, 15) is 18.0 Å². The number of hydrogen-bond acceptors (Lipinski definition) is 3. The zero-order valence-electron chi connectivity index (χ0n) is 11.9. The summed E-state index contributed by atoms with van der Waals surface area (Å²) in [4.78, 5) is 11.7. The van der Waals surface area contributed by atoms with Crippen molar-refractivity contribution in [1.29, 1.82) is 0 Å². The van der Waals surface area contributed by atoms with Gasteiger partial charge in [0.2, 0.25) is 5.91 Å². The third-order valence-electron chi connectivity index (χ3n) is 3.70. The van der Waals surface area contributed by atoms with Gasteiger partial charge in [0, 0.05) is 12.2 Å². The lowest BCUT2D eigenvalue weighted by Crippen LogP contribution is -2.55. The molecule has 3 N–H and O–H groups in total.